The second kappa shape index (κ2) is 12.7. The predicted molar refractivity (Wildman–Crippen MR) is 171 cm³/mol. The average molecular weight is 683 g/mol. The van der Waals surface area contributed by atoms with Crippen LogP contribution in [0.15, 0.2) is 60.1 Å². The second-order valence-corrected chi connectivity index (χ2v) is 13.8. The number of alkyl halides is 2. The van der Waals surface area contributed by atoms with Crippen molar-refractivity contribution in [3.63, 3.8) is 0 Å². The van der Waals surface area contributed by atoms with Gasteiger partial charge < -0.3 is 10.5 Å². The van der Waals surface area contributed by atoms with Gasteiger partial charge in [-0.05, 0) is 59.9 Å². The number of hydrogen-bond donors (Lipinski definition) is 2. The number of nitrogens with two attached hydrogens (primary N) is 1. The molecule has 0 saturated heterocycles. The summed E-state index contributed by atoms with van der Waals surface area (Å²) in [4.78, 5) is 37.7. The molecule has 0 bridgehead atoms. The molecule has 252 valence electrons. The SMILES string of the molecule is CC(C)(C)C[C@]1(c2ccc(-c3cnn(C(F)F)c3)cc2F)N=C(N)N([C@H](COC(=O)CC2CC2)c2ccc(Cl)c(-c3ncn[nH]3)c2)C1=O. The quantitative estimate of drug-likeness (QED) is 0.174. The van der Waals surface area contributed by atoms with Gasteiger partial charge in [-0.25, -0.2) is 19.0 Å². The number of halogens is 4. The van der Waals surface area contributed by atoms with Crippen LogP contribution < -0.4 is 5.73 Å². The van der Waals surface area contributed by atoms with E-state index < -0.39 is 41.2 Å². The highest BCUT2D eigenvalue weighted by molar-refractivity contribution is 6.33. The highest BCUT2D eigenvalue weighted by atomic mass is 35.5. The first-order valence-corrected chi connectivity index (χ1v) is 15.8. The van der Waals surface area contributed by atoms with E-state index in [0.29, 0.717) is 26.7 Å². The van der Waals surface area contributed by atoms with Gasteiger partial charge in [-0.15, -0.1) is 0 Å². The number of nitrogens with one attached hydrogen (secondary N) is 1. The molecule has 1 fully saturated rings. The van der Waals surface area contributed by atoms with E-state index in [1.807, 2.05) is 20.8 Å². The first-order valence-electron chi connectivity index (χ1n) is 15.4. The van der Waals surface area contributed by atoms with Gasteiger partial charge in [0.15, 0.2) is 17.3 Å². The number of benzene rings is 2. The van der Waals surface area contributed by atoms with Gasteiger partial charge in [0.2, 0.25) is 0 Å². The number of nitrogens with zero attached hydrogens (tertiary/aromatic N) is 6. The molecule has 6 rings (SSSR count). The van der Waals surface area contributed by atoms with E-state index >= 15 is 4.39 Å². The smallest absolute Gasteiger partial charge is 0.333 e. The van der Waals surface area contributed by atoms with Gasteiger partial charge in [0.1, 0.15) is 18.8 Å². The summed E-state index contributed by atoms with van der Waals surface area (Å²) < 4.78 is 48.7. The van der Waals surface area contributed by atoms with Crippen molar-refractivity contribution in [1.29, 1.82) is 0 Å². The molecule has 0 radical (unpaired) electrons. The molecule has 11 nitrogen and oxygen atoms in total. The summed E-state index contributed by atoms with van der Waals surface area (Å²) in [6.45, 7) is 2.56. The highest BCUT2D eigenvalue weighted by Gasteiger charge is 2.54. The third-order valence-electron chi connectivity index (χ3n) is 8.37. The van der Waals surface area contributed by atoms with Crippen molar-refractivity contribution in [1.82, 2.24) is 29.9 Å². The number of aliphatic imine (C=N–C) groups is 1. The predicted octanol–water partition coefficient (Wildman–Crippen LogP) is 6.40. The zero-order valence-electron chi connectivity index (χ0n) is 26.5. The number of guanidine groups is 1. The summed E-state index contributed by atoms with van der Waals surface area (Å²) in [5.41, 5.74) is 5.72. The number of carbonyl (C=O) groups is 2. The minimum Gasteiger partial charge on any atom is -0.463 e. The van der Waals surface area contributed by atoms with Crippen LogP contribution in [-0.4, -0.2) is 54.3 Å². The minimum absolute atomic E-state index is 0.0409. The number of H-pyrrole nitrogens is 1. The molecule has 15 heteroatoms. The average Bonchev–Trinajstić information content (AvgIpc) is 3.38. The van der Waals surface area contributed by atoms with Crippen LogP contribution in [0.1, 0.15) is 70.2 Å². The Labute approximate surface area is 279 Å². The van der Waals surface area contributed by atoms with Crippen molar-refractivity contribution in [2.45, 2.75) is 64.6 Å². The van der Waals surface area contributed by atoms with Crippen molar-refractivity contribution in [3.8, 4) is 22.5 Å². The first kappa shape index (κ1) is 33.2. The Balaban J connectivity index is 1.41. The molecule has 2 aromatic heterocycles. The van der Waals surface area contributed by atoms with Crippen LogP contribution in [0.5, 0.6) is 0 Å². The standard InChI is InChI=1S/C33H34ClF3N8O3/c1-32(2,3)16-33(23-8-6-19(12-25(23)35)21-13-41-44(14-21)30(36)37)29(47)45(31(38)42-33)26(15-48-27(46)10-18-4-5-18)20-7-9-24(34)22(11-20)28-39-17-40-43-28/h6-9,11-14,17-18,26,30H,4-5,10,15-16H2,1-3H3,(H2,38,42)(H,39,40,43)/t26-,33-/m1/s1. The molecule has 4 aromatic rings. The molecule has 3 heterocycles. The maximum Gasteiger partial charge on any atom is 0.333 e. The Morgan fingerprint density at radius 2 is 1.96 bits per heavy atom. The van der Waals surface area contributed by atoms with Gasteiger partial charge in [0.25, 0.3) is 5.91 Å². The first-order chi connectivity index (χ1) is 22.8. The van der Waals surface area contributed by atoms with Crippen LogP contribution >= 0.6 is 11.6 Å². The molecule has 48 heavy (non-hydrogen) atoms. The van der Waals surface area contributed by atoms with E-state index in [1.165, 1.54) is 29.6 Å². The summed E-state index contributed by atoms with van der Waals surface area (Å²) in [5, 5.41) is 10.7. The molecule has 2 aromatic carbocycles. The molecule has 3 N–H and O–H groups in total. The summed E-state index contributed by atoms with van der Waals surface area (Å²) in [6.07, 6.45) is 5.87. The summed E-state index contributed by atoms with van der Waals surface area (Å²) >= 11 is 6.50. The van der Waals surface area contributed by atoms with Gasteiger partial charge in [-0.2, -0.15) is 19.0 Å². The number of amides is 1. The van der Waals surface area contributed by atoms with Gasteiger partial charge >= 0.3 is 12.5 Å². The number of hydrogen-bond acceptors (Lipinski definition) is 8. The molecule has 1 amide bonds. The maximum absolute atomic E-state index is 16.2. The monoisotopic (exact) mass is 682 g/mol. The fourth-order valence-corrected chi connectivity index (χ4v) is 6.26. The van der Waals surface area contributed by atoms with E-state index in [2.05, 4.69) is 25.3 Å². The molecule has 1 saturated carbocycles. The molecule has 0 spiro atoms. The Kier molecular flexibility index (Phi) is 8.79. The molecular formula is C33H34ClF3N8O3. The largest absolute Gasteiger partial charge is 0.463 e. The van der Waals surface area contributed by atoms with Crippen LogP contribution in [-0.2, 0) is 19.9 Å². The topological polar surface area (TPSA) is 144 Å². The molecule has 0 unspecified atom stereocenters. The molecule has 2 aliphatic rings. The van der Waals surface area contributed by atoms with E-state index in [0.717, 1.165) is 25.1 Å². The van der Waals surface area contributed by atoms with Crippen LogP contribution in [0.2, 0.25) is 5.02 Å². The van der Waals surface area contributed by atoms with Gasteiger partial charge in [-0.1, -0.05) is 50.6 Å². The van der Waals surface area contributed by atoms with E-state index in [4.69, 9.17) is 22.1 Å². The lowest BCUT2D eigenvalue weighted by Crippen LogP contribution is -2.47. The Morgan fingerprint density at radius 3 is 2.58 bits per heavy atom. The third kappa shape index (κ3) is 6.66. The Morgan fingerprint density at radius 1 is 1.19 bits per heavy atom. The molecule has 1 aliphatic heterocycles. The lowest BCUT2D eigenvalue weighted by molar-refractivity contribution is -0.148. The van der Waals surface area contributed by atoms with Crippen LogP contribution in [0, 0.1) is 17.2 Å². The maximum atomic E-state index is 16.2. The molecule has 2 atom stereocenters. The summed E-state index contributed by atoms with van der Waals surface area (Å²) in [7, 11) is 0. The number of carbonyl (C=O) groups excluding carboxylic acids is 2. The highest BCUT2D eigenvalue weighted by Crippen LogP contribution is 2.46. The third-order valence-corrected chi connectivity index (χ3v) is 8.70. The number of rotatable bonds is 11. The van der Waals surface area contributed by atoms with E-state index in [-0.39, 0.29) is 48.0 Å². The van der Waals surface area contributed by atoms with E-state index in [1.54, 1.807) is 18.2 Å². The molecule has 1 aliphatic carbocycles. The lowest BCUT2D eigenvalue weighted by atomic mass is 9.75. The normalized spacial score (nSPS) is 18.8. The van der Waals surface area contributed by atoms with Gasteiger partial charge in [0.05, 0.1) is 17.3 Å². The van der Waals surface area contributed by atoms with Crippen molar-refractivity contribution in [2.24, 2.45) is 22.1 Å². The van der Waals surface area contributed by atoms with E-state index in [9.17, 15) is 18.4 Å². The summed E-state index contributed by atoms with van der Waals surface area (Å²) in [5.74, 6) is -1.34. The van der Waals surface area contributed by atoms with Crippen LogP contribution in [0.25, 0.3) is 22.5 Å². The number of aromatic nitrogens is 5. The van der Waals surface area contributed by atoms with Gasteiger partial charge in [0, 0.05) is 29.3 Å². The van der Waals surface area contributed by atoms with Crippen LogP contribution in [0.3, 0.4) is 0 Å². The lowest BCUT2D eigenvalue weighted by Gasteiger charge is -2.35. The number of ether oxygens (including phenoxy) is 1. The fraction of sp³-hybridized carbons (Fsp3) is 0.394. The minimum atomic E-state index is -2.86. The van der Waals surface area contributed by atoms with Crippen molar-refractivity contribution < 1.29 is 27.5 Å². The van der Waals surface area contributed by atoms with Crippen molar-refractivity contribution >= 4 is 29.4 Å². The Hall–Kier alpha value is -4.72. The number of esters is 1. The van der Waals surface area contributed by atoms with Gasteiger partial charge in [-0.3, -0.25) is 19.6 Å². The number of aromatic amines is 1. The molecular weight excluding hydrogens is 649 g/mol. The summed E-state index contributed by atoms with van der Waals surface area (Å²) in [6, 6.07) is 8.14. The van der Waals surface area contributed by atoms with Crippen molar-refractivity contribution in [3.05, 3.63) is 77.1 Å². The zero-order chi connectivity index (χ0) is 34.4. The fourth-order valence-electron chi connectivity index (χ4n) is 6.05. The Bertz CT molecular complexity index is 1870. The second-order valence-electron chi connectivity index (χ2n) is 13.3. The van der Waals surface area contributed by atoms with Crippen molar-refractivity contribution in [2.75, 3.05) is 6.61 Å². The van der Waals surface area contributed by atoms with Crippen LogP contribution in [0.4, 0.5) is 13.2 Å². The zero-order valence-corrected chi connectivity index (χ0v) is 27.2.